The van der Waals surface area contributed by atoms with Crippen molar-refractivity contribution in [3.8, 4) is 17.5 Å². The number of carbonyl (C=O) groups excluding carboxylic acids is 1. The molecule has 1 aliphatic rings. The van der Waals surface area contributed by atoms with Gasteiger partial charge in [-0.05, 0) is 36.7 Å². The zero-order chi connectivity index (χ0) is 21.8. The summed E-state index contributed by atoms with van der Waals surface area (Å²) in [6, 6.07) is 6.65. The summed E-state index contributed by atoms with van der Waals surface area (Å²) in [5.41, 5.74) is 2.59. The summed E-state index contributed by atoms with van der Waals surface area (Å²) in [6.07, 6.45) is 3.77. The zero-order valence-corrected chi connectivity index (χ0v) is 17.0. The molecule has 0 aliphatic carbocycles. The number of rotatable bonds is 5. The molecule has 4 rings (SSSR count). The first-order valence-electron chi connectivity index (χ1n) is 9.98. The van der Waals surface area contributed by atoms with E-state index in [1.165, 1.54) is 4.57 Å². The molecule has 0 spiro atoms. The van der Waals surface area contributed by atoms with E-state index in [0.717, 1.165) is 18.5 Å². The smallest absolute Gasteiger partial charge is 0.408 e. The molecule has 160 valence electrons. The lowest BCUT2D eigenvalue weighted by Gasteiger charge is -2.17. The fourth-order valence-corrected chi connectivity index (χ4v) is 3.39. The maximum Gasteiger partial charge on any atom is 0.419 e. The molecule has 0 bridgehead atoms. The number of carbonyl (C=O) groups is 1. The van der Waals surface area contributed by atoms with Crippen molar-refractivity contribution in [2.24, 2.45) is 7.05 Å². The maximum absolute atomic E-state index is 12.4. The van der Waals surface area contributed by atoms with Crippen molar-refractivity contribution in [2.75, 3.05) is 19.7 Å². The van der Waals surface area contributed by atoms with E-state index in [-0.39, 0.29) is 12.3 Å². The molecule has 10 heteroatoms. The number of fused-ring (bicyclic) bond motifs is 1. The van der Waals surface area contributed by atoms with E-state index in [2.05, 4.69) is 26.7 Å². The molecule has 10 nitrogen and oxygen atoms in total. The average Bonchev–Trinajstić information content (AvgIpc) is 2.96. The van der Waals surface area contributed by atoms with E-state index in [9.17, 15) is 14.9 Å². The van der Waals surface area contributed by atoms with Crippen LogP contribution in [0.3, 0.4) is 0 Å². The summed E-state index contributed by atoms with van der Waals surface area (Å²) in [6.45, 7) is 1.74. The minimum absolute atomic E-state index is 0.276. The van der Waals surface area contributed by atoms with Crippen LogP contribution in [0.2, 0.25) is 0 Å². The van der Waals surface area contributed by atoms with Gasteiger partial charge in [-0.15, -0.1) is 0 Å². The third-order valence-electron chi connectivity index (χ3n) is 5.11. The minimum Gasteiger partial charge on any atom is -0.408 e. The molecule has 1 unspecified atom stereocenters. The number of nitriles is 1. The van der Waals surface area contributed by atoms with Crippen molar-refractivity contribution in [1.82, 2.24) is 25.2 Å². The molecule has 2 atom stereocenters. The summed E-state index contributed by atoms with van der Waals surface area (Å²) in [5.74, 6) is -0.259. The van der Waals surface area contributed by atoms with Crippen LogP contribution in [0.1, 0.15) is 12.0 Å². The molecule has 1 aliphatic heterocycles. The van der Waals surface area contributed by atoms with Crippen LogP contribution < -0.4 is 16.4 Å². The van der Waals surface area contributed by atoms with Gasteiger partial charge in [-0.25, -0.2) is 14.8 Å². The van der Waals surface area contributed by atoms with E-state index in [1.54, 1.807) is 37.6 Å². The van der Waals surface area contributed by atoms with E-state index in [1.807, 2.05) is 0 Å². The quantitative estimate of drug-likeness (QED) is 0.607. The molecule has 3 aromatic rings. The highest BCUT2D eigenvalue weighted by atomic mass is 16.5. The Morgan fingerprint density at radius 2 is 2.23 bits per heavy atom. The number of ether oxygens (including phenoxy) is 1. The Kier molecular flexibility index (Phi) is 6.06. The molecule has 0 radical (unpaired) electrons. The summed E-state index contributed by atoms with van der Waals surface area (Å²) < 4.78 is 12.1. The topological polar surface area (TPSA) is 135 Å². The van der Waals surface area contributed by atoms with E-state index < -0.39 is 17.9 Å². The first kappa shape index (κ1) is 20.7. The lowest BCUT2D eigenvalue weighted by Crippen LogP contribution is -2.46. The van der Waals surface area contributed by atoms with Crippen molar-refractivity contribution in [1.29, 1.82) is 5.26 Å². The van der Waals surface area contributed by atoms with Gasteiger partial charge in [0.15, 0.2) is 11.4 Å². The number of oxazole rings is 1. The second-order valence-electron chi connectivity index (χ2n) is 7.34. The fourth-order valence-electron chi connectivity index (χ4n) is 3.39. The number of aryl methyl sites for hydroxylation is 1. The second-order valence-corrected chi connectivity index (χ2v) is 7.34. The predicted octanol–water partition coefficient (Wildman–Crippen LogP) is 0.518. The van der Waals surface area contributed by atoms with Gasteiger partial charge >= 0.3 is 5.76 Å². The van der Waals surface area contributed by atoms with Crippen molar-refractivity contribution < 1.29 is 13.9 Å². The molecular formula is C21H22N6O4. The Morgan fingerprint density at radius 1 is 1.42 bits per heavy atom. The summed E-state index contributed by atoms with van der Waals surface area (Å²) in [7, 11) is 1.63. The van der Waals surface area contributed by atoms with Crippen LogP contribution in [0.15, 0.2) is 39.8 Å². The Hall–Kier alpha value is -3.55. The third-order valence-corrected chi connectivity index (χ3v) is 5.11. The number of benzene rings is 1. The average molecular weight is 422 g/mol. The lowest BCUT2D eigenvalue weighted by molar-refractivity contribution is -0.132. The van der Waals surface area contributed by atoms with Gasteiger partial charge in [0.1, 0.15) is 12.1 Å². The highest BCUT2D eigenvalue weighted by Gasteiger charge is 2.23. The standard InChI is InChI=1S/C21H22N6O4/c1-27-16-8-14(3-4-17(16)31-21(27)29)19-24-10-13(11-25-19)7-15(9-22)26-20(28)18-12-23-5-2-6-30-18/h3-4,8,10-11,15,18,23H,2,5-7,12H2,1H3,(H,26,28)/t15?,18-/m0/s1. The normalized spacial score (nSPS) is 17.6. The maximum atomic E-state index is 12.4. The number of nitrogens with one attached hydrogen (secondary N) is 2. The molecule has 1 aromatic carbocycles. The molecule has 2 aromatic heterocycles. The van der Waals surface area contributed by atoms with Gasteiger partial charge in [-0.2, -0.15) is 5.26 Å². The van der Waals surface area contributed by atoms with E-state index in [0.29, 0.717) is 35.6 Å². The van der Waals surface area contributed by atoms with Gasteiger partial charge in [0, 0.05) is 44.6 Å². The molecular weight excluding hydrogens is 400 g/mol. The number of nitrogens with zero attached hydrogens (tertiary/aromatic N) is 4. The first-order chi connectivity index (χ1) is 15.0. The Bertz CT molecular complexity index is 1170. The van der Waals surface area contributed by atoms with Gasteiger partial charge < -0.3 is 19.8 Å². The van der Waals surface area contributed by atoms with Crippen LogP contribution in [-0.4, -0.2) is 52.3 Å². The zero-order valence-electron chi connectivity index (χ0n) is 17.0. The molecule has 31 heavy (non-hydrogen) atoms. The van der Waals surface area contributed by atoms with Gasteiger partial charge in [-0.1, -0.05) is 0 Å². The number of aromatic nitrogens is 3. The number of hydrogen-bond acceptors (Lipinski definition) is 8. The molecule has 0 saturated carbocycles. The van der Waals surface area contributed by atoms with Gasteiger partial charge in [0.25, 0.3) is 5.91 Å². The van der Waals surface area contributed by atoms with Gasteiger partial charge in [0.05, 0.1) is 11.6 Å². The van der Waals surface area contributed by atoms with Crippen LogP contribution in [0, 0.1) is 11.3 Å². The van der Waals surface area contributed by atoms with Gasteiger partial charge in [-0.3, -0.25) is 9.36 Å². The van der Waals surface area contributed by atoms with Crippen LogP contribution in [-0.2, 0) is 23.0 Å². The Balaban J connectivity index is 1.43. The predicted molar refractivity (Wildman–Crippen MR) is 111 cm³/mol. The SMILES string of the molecule is Cn1c(=O)oc2ccc(-c3ncc(CC(C#N)NC(=O)[C@@H]4CNCCCO4)cn3)cc21. The molecule has 1 amide bonds. The minimum atomic E-state index is -0.717. The van der Waals surface area contributed by atoms with Crippen LogP contribution in [0.5, 0.6) is 0 Å². The Morgan fingerprint density at radius 3 is 3.00 bits per heavy atom. The van der Waals surface area contributed by atoms with Crippen molar-refractivity contribution in [3.63, 3.8) is 0 Å². The monoisotopic (exact) mass is 422 g/mol. The van der Waals surface area contributed by atoms with Crippen molar-refractivity contribution in [2.45, 2.75) is 25.0 Å². The van der Waals surface area contributed by atoms with Crippen LogP contribution in [0.25, 0.3) is 22.5 Å². The van der Waals surface area contributed by atoms with Crippen LogP contribution >= 0.6 is 0 Å². The summed E-state index contributed by atoms with van der Waals surface area (Å²) >= 11 is 0. The van der Waals surface area contributed by atoms with E-state index >= 15 is 0 Å². The molecule has 3 heterocycles. The van der Waals surface area contributed by atoms with Crippen LogP contribution in [0.4, 0.5) is 0 Å². The highest BCUT2D eigenvalue weighted by molar-refractivity contribution is 5.81. The van der Waals surface area contributed by atoms with Crippen molar-refractivity contribution in [3.05, 3.63) is 46.7 Å². The lowest BCUT2D eigenvalue weighted by atomic mass is 10.1. The first-order valence-corrected chi connectivity index (χ1v) is 9.98. The molecule has 1 saturated heterocycles. The van der Waals surface area contributed by atoms with E-state index in [4.69, 9.17) is 9.15 Å². The third kappa shape index (κ3) is 4.63. The van der Waals surface area contributed by atoms with Gasteiger partial charge in [0.2, 0.25) is 0 Å². The molecule has 1 fully saturated rings. The molecule has 2 N–H and O–H groups in total. The second kappa shape index (κ2) is 9.07. The summed E-state index contributed by atoms with van der Waals surface area (Å²) in [4.78, 5) is 32.8. The van der Waals surface area contributed by atoms with Crippen molar-refractivity contribution >= 4 is 17.0 Å². The largest absolute Gasteiger partial charge is 0.419 e. The number of hydrogen-bond donors (Lipinski definition) is 2. The summed E-state index contributed by atoms with van der Waals surface area (Å²) in [5, 5.41) is 15.3. The fraction of sp³-hybridized carbons (Fsp3) is 0.381. The highest BCUT2D eigenvalue weighted by Crippen LogP contribution is 2.21. The number of amides is 1. The Labute approximate surface area is 177 Å².